The molecule has 3 N–H and O–H groups in total. The van der Waals surface area contributed by atoms with Crippen molar-refractivity contribution in [1.82, 2.24) is 10.6 Å². The Kier molecular flexibility index (Phi) is 3.03. The molecule has 2 unspecified atom stereocenters. The molecule has 0 radical (unpaired) electrons. The number of hydrogen-bond donors (Lipinski definition) is 3. The van der Waals surface area contributed by atoms with E-state index in [2.05, 4.69) is 36.6 Å². The van der Waals surface area contributed by atoms with E-state index in [-0.39, 0.29) is 11.5 Å². The molecule has 1 aromatic rings. The Balaban J connectivity index is 1.47. The molecule has 4 heteroatoms. The molecule has 2 heterocycles. The van der Waals surface area contributed by atoms with Gasteiger partial charge >= 0.3 is 0 Å². The van der Waals surface area contributed by atoms with Crippen LogP contribution in [0.15, 0.2) is 24.3 Å². The van der Waals surface area contributed by atoms with Crippen molar-refractivity contribution >= 4 is 0 Å². The van der Waals surface area contributed by atoms with Crippen molar-refractivity contribution < 1.29 is 9.84 Å². The molecule has 114 valence electrons. The summed E-state index contributed by atoms with van der Waals surface area (Å²) in [6.45, 7) is 7.14. The highest BCUT2D eigenvalue weighted by Gasteiger charge is 2.57. The van der Waals surface area contributed by atoms with Gasteiger partial charge in [0.1, 0.15) is 12.0 Å². The number of para-hydroxylation sites is 1. The van der Waals surface area contributed by atoms with Crippen LogP contribution in [-0.2, 0) is 0 Å². The number of hydrogen-bond acceptors (Lipinski definition) is 4. The molecule has 1 aromatic carbocycles. The normalized spacial score (nSPS) is 35.0. The smallest absolute Gasteiger partial charge is 0.122 e. The summed E-state index contributed by atoms with van der Waals surface area (Å²) >= 11 is 0. The van der Waals surface area contributed by atoms with Crippen molar-refractivity contribution in [2.45, 2.75) is 31.5 Å². The SMILES string of the molecule is CC(C)(NC(O)[C@H]1[C@@H]2CNC[C@@H]21)C1COc2ccccc21. The van der Waals surface area contributed by atoms with Crippen molar-refractivity contribution in [2.75, 3.05) is 19.7 Å². The van der Waals surface area contributed by atoms with E-state index in [0.29, 0.717) is 24.4 Å². The van der Waals surface area contributed by atoms with Gasteiger partial charge in [-0.1, -0.05) is 18.2 Å². The van der Waals surface area contributed by atoms with Gasteiger partial charge in [-0.3, -0.25) is 5.32 Å². The molecule has 3 aliphatic rings. The summed E-state index contributed by atoms with van der Waals surface area (Å²) in [4.78, 5) is 0. The molecule has 2 fully saturated rings. The Labute approximate surface area is 125 Å². The molecular formula is C17H24N2O2. The highest BCUT2D eigenvalue weighted by Crippen LogP contribution is 2.51. The summed E-state index contributed by atoms with van der Waals surface area (Å²) in [5.74, 6) is 3.01. The molecule has 21 heavy (non-hydrogen) atoms. The molecule has 5 atom stereocenters. The fraction of sp³-hybridized carbons (Fsp3) is 0.647. The third-order valence-electron chi connectivity index (χ3n) is 5.61. The fourth-order valence-electron chi connectivity index (χ4n) is 4.27. The number of piperidine rings is 1. The van der Waals surface area contributed by atoms with Gasteiger partial charge in [0.25, 0.3) is 0 Å². The summed E-state index contributed by atoms with van der Waals surface area (Å²) in [6, 6.07) is 8.23. The molecule has 0 aromatic heterocycles. The Hall–Kier alpha value is -1.10. The third kappa shape index (κ3) is 2.17. The molecule has 1 saturated carbocycles. The molecule has 1 saturated heterocycles. The highest BCUT2D eigenvalue weighted by atomic mass is 16.5. The molecule has 1 aliphatic carbocycles. The minimum absolute atomic E-state index is 0.184. The van der Waals surface area contributed by atoms with Crippen LogP contribution in [0.2, 0.25) is 0 Å². The topological polar surface area (TPSA) is 53.5 Å². The number of fused-ring (bicyclic) bond motifs is 2. The monoisotopic (exact) mass is 288 g/mol. The van der Waals surface area contributed by atoms with Crippen LogP contribution in [0.1, 0.15) is 25.3 Å². The van der Waals surface area contributed by atoms with Crippen LogP contribution in [-0.4, -0.2) is 36.6 Å². The zero-order valence-electron chi connectivity index (χ0n) is 12.7. The lowest BCUT2D eigenvalue weighted by molar-refractivity contribution is 0.0598. The van der Waals surface area contributed by atoms with Crippen molar-refractivity contribution in [3.8, 4) is 5.75 Å². The molecule has 0 amide bonds. The first kappa shape index (κ1) is 13.6. The standard InChI is InChI=1S/C17H24N2O2/c1-17(2,13-9-21-14-6-4-3-5-10(13)14)19-16(20)15-11-7-18-8-12(11)15/h3-6,11-13,15-16,18-20H,7-9H2,1-2H3/t11-,12+,13?,15+,16?. The molecule has 4 rings (SSSR count). The predicted octanol–water partition coefficient (Wildman–Crippen LogP) is 1.31. The van der Waals surface area contributed by atoms with Crippen LogP contribution in [0, 0.1) is 17.8 Å². The van der Waals surface area contributed by atoms with Crippen molar-refractivity contribution in [1.29, 1.82) is 0 Å². The van der Waals surface area contributed by atoms with Gasteiger partial charge in [0.05, 0.1) is 6.61 Å². The van der Waals surface area contributed by atoms with E-state index in [1.165, 1.54) is 5.56 Å². The fourth-order valence-corrected chi connectivity index (χ4v) is 4.27. The van der Waals surface area contributed by atoms with Gasteiger partial charge < -0.3 is 15.2 Å². The second-order valence-corrected chi connectivity index (χ2v) is 7.28. The molecule has 0 spiro atoms. The van der Waals surface area contributed by atoms with Crippen molar-refractivity contribution in [3.63, 3.8) is 0 Å². The summed E-state index contributed by atoms with van der Waals surface area (Å²) in [5.41, 5.74) is 1.07. The van der Waals surface area contributed by atoms with E-state index in [1.807, 2.05) is 12.1 Å². The first-order chi connectivity index (χ1) is 10.1. The van der Waals surface area contributed by atoms with E-state index in [9.17, 15) is 5.11 Å². The number of aliphatic hydroxyl groups is 1. The molecular weight excluding hydrogens is 264 g/mol. The van der Waals surface area contributed by atoms with Crippen LogP contribution < -0.4 is 15.4 Å². The predicted molar refractivity (Wildman–Crippen MR) is 81.2 cm³/mol. The molecule has 4 nitrogen and oxygen atoms in total. The molecule has 0 bridgehead atoms. The lowest BCUT2D eigenvalue weighted by Crippen LogP contribution is -2.52. The number of benzene rings is 1. The number of rotatable bonds is 4. The van der Waals surface area contributed by atoms with Gasteiger partial charge in [-0.05, 0) is 44.8 Å². The largest absolute Gasteiger partial charge is 0.493 e. The second kappa shape index (κ2) is 4.70. The number of nitrogens with one attached hydrogen (secondary N) is 2. The average molecular weight is 288 g/mol. The Morgan fingerprint density at radius 3 is 2.76 bits per heavy atom. The van der Waals surface area contributed by atoms with E-state index in [1.54, 1.807) is 0 Å². The highest BCUT2D eigenvalue weighted by molar-refractivity contribution is 5.41. The van der Waals surface area contributed by atoms with Crippen LogP contribution in [0.5, 0.6) is 5.75 Å². The van der Waals surface area contributed by atoms with E-state index in [4.69, 9.17) is 4.74 Å². The first-order valence-corrected chi connectivity index (χ1v) is 7.96. The van der Waals surface area contributed by atoms with E-state index >= 15 is 0 Å². The maximum Gasteiger partial charge on any atom is 0.122 e. The maximum atomic E-state index is 10.6. The van der Waals surface area contributed by atoms with Crippen LogP contribution >= 0.6 is 0 Å². The summed E-state index contributed by atoms with van der Waals surface area (Å²) in [5, 5.41) is 17.4. The van der Waals surface area contributed by atoms with E-state index in [0.717, 1.165) is 18.8 Å². The van der Waals surface area contributed by atoms with Crippen LogP contribution in [0.3, 0.4) is 0 Å². The van der Waals surface area contributed by atoms with E-state index < -0.39 is 6.23 Å². The van der Waals surface area contributed by atoms with Gasteiger partial charge in [-0.2, -0.15) is 0 Å². The van der Waals surface area contributed by atoms with Gasteiger partial charge in [-0.15, -0.1) is 0 Å². The number of ether oxygens (including phenoxy) is 1. The van der Waals surface area contributed by atoms with Gasteiger partial charge in [-0.25, -0.2) is 0 Å². The zero-order valence-corrected chi connectivity index (χ0v) is 12.7. The second-order valence-electron chi connectivity index (χ2n) is 7.28. The van der Waals surface area contributed by atoms with Gasteiger partial charge in [0.2, 0.25) is 0 Å². The lowest BCUT2D eigenvalue weighted by atomic mass is 9.83. The third-order valence-corrected chi connectivity index (χ3v) is 5.61. The van der Waals surface area contributed by atoms with Crippen molar-refractivity contribution in [3.05, 3.63) is 29.8 Å². The minimum atomic E-state index is -0.412. The zero-order chi connectivity index (χ0) is 14.6. The maximum absolute atomic E-state index is 10.6. The summed E-state index contributed by atoms with van der Waals surface area (Å²) < 4.78 is 5.80. The molecule has 2 aliphatic heterocycles. The van der Waals surface area contributed by atoms with Gasteiger partial charge in [0.15, 0.2) is 0 Å². The van der Waals surface area contributed by atoms with Crippen LogP contribution in [0.4, 0.5) is 0 Å². The Morgan fingerprint density at radius 2 is 2.00 bits per heavy atom. The lowest BCUT2D eigenvalue weighted by Gasteiger charge is -2.35. The first-order valence-electron chi connectivity index (χ1n) is 7.96. The Bertz CT molecular complexity index is 535. The summed E-state index contributed by atoms with van der Waals surface area (Å²) in [7, 11) is 0. The number of aliphatic hydroxyl groups excluding tert-OH is 1. The quantitative estimate of drug-likeness (QED) is 0.731. The average Bonchev–Trinajstić information content (AvgIpc) is 2.82. The van der Waals surface area contributed by atoms with Gasteiger partial charge in [0, 0.05) is 22.9 Å². The van der Waals surface area contributed by atoms with Crippen LogP contribution in [0.25, 0.3) is 0 Å². The van der Waals surface area contributed by atoms with Crippen molar-refractivity contribution in [2.24, 2.45) is 17.8 Å². The summed E-state index contributed by atoms with van der Waals surface area (Å²) in [6.07, 6.45) is -0.412. The minimum Gasteiger partial charge on any atom is -0.493 e. The Morgan fingerprint density at radius 1 is 1.29 bits per heavy atom.